The van der Waals surface area contributed by atoms with Crippen LogP contribution in [-0.2, 0) is 11.3 Å². The van der Waals surface area contributed by atoms with Crippen molar-refractivity contribution in [2.75, 3.05) is 30.9 Å². The molecule has 4 rings (SSSR count). The summed E-state index contributed by atoms with van der Waals surface area (Å²) < 4.78 is -0.714. The topological polar surface area (TPSA) is 124 Å². The highest BCUT2D eigenvalue weighted by atomic mass is 127. The number of fused-ring (bicyclic) bond motifs is 1. The minimum absolute atomic E-state index is 0.0761. The first kappa shape index (κ1) is 28.0. The van der Waals surface area contributed by atoms with Gasteiger partial charge in [-0.05, 0) is 60.2 Å². The molecule has 3 aromatic rings. The van der Waals surface area contributed by atoms with Crippen molar-refractivity contribution in [2.45, 2.75) is 36.5 Å². The number of aromatic nitrogens is 3. The summed E-state index contributed by atoms with van der Waals surface area (Å²) in [5, 5.41) is 15.6. The number of aliphatic hydroxyl groups is 1. The molecule has 10 nitrogen and oxygen atoms in total. The van der Waals surface area contributed by atoms with Crippen LogP contribution in [0, 0.1) is 0 Å². The summed E-state index contributed by atoms with van der Waals surface area (Å²) in [7, 11) is 3.81. The maximum atomic E-state index is 13.4. The van der Waals surface area contributed by atoms with Gasteiger partial charge in [0.05, 0.1) is 35.3 Å². The largest absolute Gasteiger partial charge is 0.394 e. The number of carbonyl (C=O) groups excluding carboxylic acids is 2. The minimum Gasteiger partial charge on any atom is -0.394 e. The molecule has 2 aromatic heterocycles. The van der Waals surface area contributed by atoms with Crippen LogP contribution in [0.25, 0.3) is 11.3 Å². The number of halogens is 2. The van der Waals surface area contributed by atoms with Gasteiger partial charge in [0.15, 0.2) is 4.05 Å². The number of rotatable bonds is 9. The highest BCUT2D eigenvalue weighted by Crippen LogP contribution is 2.33. The molecule has 2 amide bonds. The first-order chi connectivity index (χ1) is 18.1. The second-order valence-corrected chi connectivity index (χ2v) is 10.9. The van der Waals surface area contributed by atoms with Crippen molar-refractivity contribution in [3.63, 3.8) is 0 Å². The molecule has 0 fully saturated rings. The number of benzene rings is 1. The van der Waals surface area contributed by atoms with Crippen LogP contribution in [0.3, 0.4) is 0 Å². The first-order valence-electron chi connectivity index (χ1n) is 12.0. The van der Waals surface area contributed by atoms with E-state index in [1.807, 2.05) is 78.8 Å². The normalized spacial score (nSPS) is 15.0. The number of nitrogens with one attached hydrogen (secondary N) is 2. The zero-order valence-electron chi connectivity index (χ0n) is 21.4. The molecule has 0 saturated heterocycles. The number of aliphatic hydroxyl groups excluding tert-OH is 1. The monoisotopic (exact) mass is 649 g/mol. The molecule has 0 saturated carbocycles. The van der Waals surface area contributed by atoms with E-state index in [0.717, 1.165) is 17.1 Å². The van der Waals surface area contributed by atoms with Crippen molar-refractivity contribution in [3.05, 3.63) is 64.4 Å². The van der Waals surface area contributed by atoms with Gasteiger partial charge in [-0.25, -0.2) is 15.0 Å². The molecule has 0 unspecified atom stereocenters. The molecule has 3 N–H and O–H groups in total. The molecule has 38 heavy (non-hydrogen) atoms. The Morgan fingerprint density at radius 1 is 1.24 bits per heavy atom. The van der Waals surface area contributed by atoms with Crippen LogP contribution in [0.4, 0.5) is 11.8 Å². The highest BCUT2D eigenvalue weighted by molar-refractivity contribution is 14.1. The Balaban J connectivity index is 1.49. The Hall–Kier alpha value is -3.03. The summed E-state index contributed by atoms with van der Waals surface area (Å²) in [5.41, 5.74) is 3.17. The summed E-state index contributed by atoms with van der Waals surface area (Å²) in [6.45, 7) is 3.91. The summed E-state index contributed by atoms with van der Waals surface area (Å²) in [6, 6.07) is 10.5. The van der Waals surface area contributed by atoms with Crippen molar-refractivity contribution in [1.82, 2.24) is 25.2 Å². The van der Waals surface area contributed by atoms with E-state index < -0.39 is 4.05 Å². The first-order valence-corrected chi connectivity index (χ1v) is 13.6. The second kappa shape index (κ2) is 11.8. The molecular formula is C26H29ClIN7O3. The highest BCUT2D eigenvalue weighted by Gasteiger charge is 2.35. The number of carbonyl (C=O) groups is 2. The number of hydrogen-bond acceptors (Lipinski definition) is 8. The molecule has 1 aromatic carbocycles. The van der Waals surface area contributed by atoms with Crippen LogP contribution < -0.4 is 15.5 Å². The third-order valence-corrected chi connectivity index (χ3v) is 7.63. The Bertz CT molecular complexity index is 1360. The van der Waals surface area contributed by atoms with Gasteiger partial charge in [0, 0.05) is 37.8 Å². The zero-order chi connectivity index (χ0) is 27.6. The van der Waals surface area contributed by atoms with E-state index in [-0.39, 0.29) is 30.5 Å². The van der Waals surface area contributed by atoms with Crippen LogP contribution >= 0.6 is 34.2 Å². The zero-order valence-corrected chi connectivity index (χ0v) is 24.4. The van der Waals surface area contributed by atoms with Crippen molar-refractivity contribution >= 4 is 57.8 Å². The van der Waals surface area contributed by atoms with Crippen molar-refractivity contribution in [2.24, 2.45) is 0 Å². The average molecular weight is 650 g/mol. The van der Waals surface area contributed by atoms with E-state index in [9.17, 15) is 14.7 Å². The van der Waals surface area contributed by atoms with Crippen LogP contribution in [0.5, 0.6) is 0 Å². The van der Waals surface area contributed by atoms with Gasteiger partial charge in [0.2, 0.25) is 5.95 Å². The second-order valence-electron chi connectivity index (χ2n) is 9.30. The molecule has 0 bridgehead atoms. The number of nitrogens with zero attached hydrogens (tertiary/aromatic N) is 5. The van der Waals surface area contributed by atoms with Crippen LogP contribution in [0.2, 0.25) is 5.02 Å². The predicted octanol–water partition coefficient (Wildman–Crippen LogP) is 3.65. The molecule has 200 valence electrons. The third-order valence-electron chi connectivity index (χ3n) is 6.12. The van der Waals surface area contributed by atoms with Gasteiger partial charge in [0.25, 0.3) is 11.8 Å². The van der Waals surface area contributed by atoms with E-state index >= 15 is 0 Å². The SMILES string of the molecule is C[C@@H](CO)Nc1ncc(Cl)c(-c2ccc3c(c2)C(=O)N([C@H](I)C(=O)N[C@H](C)c2cccc(N(C)C)n2)C3)n1. The van der Waals surface area contributed by atoms with Gasteiger partial charge >= 0.3 is 0 Å². The fraction of sp³-hybridized carbons (Fsp3) is 0.346. The predicted molar refractivity (Wildman–Crippen MR) is 155 cm³/mol. The van der Waals surface area contributed by atoms with Crippen molar-refractivity contribution in [1.29, 1.82) is 0 Å². The third kappa shape index (κ3) is 6.00. The molecule has 0 spiro atoms. The average Bonchev–Trinajstić information content (AvgIpc) is 3.24. The van der Waals surface area contributed by atoms with E-state index in [0.29, 0.717) is 34.3 Å². The Labute approximate surface area is 240 Å². The number of anilines is 2. The minimum atomic E-state index is -0.714. The standard InChI is InChI=1S/C26H29ClIN7O3/c1-14(13-36)30-26-29-11-19(27)22(33-26)16-8-9-17-12-35(25(38)18(17)10-16)23(28)24(37)31-15(2)20-6-5-7-21(32-20)34(3)4/h5-11,14-15,23,36H,12-13H2,1-4H3,(H,31,37)(H,29,30,33)/t14-,15+,23-/m0/s1. The summed E-state index contributed by atoms with van der Waals surface area (Å²) >= 11 is 8.37. The summed E-state index contributed by atoms with van der Waals surface area (Å²) in [4.78, 5) is 43.1. The Morgan fingerprint density at radius 2 is 2.00 bits per heavy atom. The Kier molecular flexibility index (Phi) is 8.68. The van der Waals surface area contributed by atoms with E-state index in [2.05, 4.69) is 25.6 Å². The van der Waals surface area contributed by atoms with Crippen LogP contribution in [0.15, 0.2) is 42.6 Å². The van der Waals surface area contributed by atoms with E-state index in [1.165, 1.54) is 11.1 Å². The molecule has 12 heteroatoms. The van der Waals surface area contributed by atoms with Gasteiger partial charge in [0.1, 0.15) is 5.82 Å². The van der Waals surface area contributed by atoms with Crippen LogP contribution in [-0.4, -0.2) is 67.6 Å². The quantitative estimate of drug-likeness (QED) is 0.183. The number of alkyl halides is 1. The van der Waals surface area contributed by atoms with Crippen molar-refractivity contribution < 1.29 is 14.7 Å². The van der Waals surface area contributed by atoms with Gasteiger partial charge < -0.3 is 25.5 Å². The maximum Gasteiger partial charge on any atom is 0.255 e. The van der Waals surface area contributed by atoms with Gasteiger partial charge in [-0.1, -0.05) is 29.8 Å². The summed E-state index contributed by atoms with van der Waals surface area (Å²) in [5.74, 6) is 0.603. The molecule has 0 radical (unpaired) electrons. The number of pyridine rings is 1. The fourth-order valence-electron chi connectivity index (χ4n) is 3.99. The maximum absolute atomic E-state index is 13.4. The molecule has 3 atom stereocenters. The molecule has 0 aliphatic carbocycles. The lowest BCUT2D eigenvalue weighted by atomic mass is 10.0. The van der Waals surface area contributed by atoms with Gasteiger partial charge in [-0.2, -0.15) is 0 Å². The summed E-state index contributed by atoms with van der Waals surface area (Å²) in [6.07, 6.45) is 1.48. The smallest absolute Gasteiger partial charge is 0.255 e. The van der Waals surface area contributed by atoms with E-state index in [1.54, 1.807) is 13.0 Å². The molecule has 3 heterocycles. The van der Waals surface area contributed by atoms with Gasteiger partial charge in [-0.3, -0.25) is 9.59 Å². The van der Waals surface area contributed by atoms with Crippen molar-refractivity contribution in [3.8, 4) is 11.3 Å². The van der Waals surface area contributed by atoms with E-state index in [4.69, 9.17) is 11.6 Å². The molecule has 1 aliphatic rings. The lowest BCUT2D eigenvalue weighted by Gasteiger charge is -2.24. The lowest BCUT2D eigenvalue weighted by Crippen LogP contribution is -2.44. The van der Waals surface area contributed by atoms with Gasteiger partial charge in [-0.15, -0.1) is 0 Å². The fourth-order valence-corrected chi connectivity index (χ4v) is 4.82. The molecular weight excluding hydrogens is 621 g/mol. The lowest BCUT2D eigenvalue weighted by molar-refractivity contribution is -0.123. The number of hydrogen-bond donors (Lipinski definition) is 3. The Morgan fingerprint density at radius 3 is 2.71 bits per heavy atom. The molecule has 1 aliphatic heterocycles. The number of amides is 2. The van der Waals surface area contributed by atoms with Crippen LogP contribution in [0.1, 0.15) is 41.5 Å².